The highest BCUT2D eigenvalue weighted by atomic mass is 16.6. The zero-order chi connectivity index (χ0) is 15.0. The lowest BCUT2D eigenvalue weighted by atomic mass is 10.2. The zero-order valence-corrected chi connectivity index (χ0v) is 11.8. The van der Waals surface area contributed by atoms with Crippen molar-refractivity contribution >= 4 is 17.9 Å². The summed E-state index contributed by atoms with van der Waals surface area (Å²) in [4.78, 5) is 37.9. The second-order valence-electron chi connectivity index (χ2n) is 4.34. The van der Waals surface area contributed by atoms with Gasteiger partial charge < -0.3 is 19.9 Å². The monoisotopic (exact) mass is 283 g/mol. The molecule has 0 aromatic heterocycles. The lowest BCUT2D eigenvalue weighted by Crippen LogP contribution is -2.51. The molecular weight excluding hydrogens is 262 g/mol. The summed E-state index contributed by atoms with van der Waals surface area (Å²) in [5.74, 6) is -0.544. The molecule has 7 heteroatoms. The van der Waals surface area contributed by atoms with Crippen molar-refractivity contribution in [1.82, 2.24) is 15.1 Å². The number of hydrogen-bond donors (Lipinski definition) is 1. The SMILES string of the molecule is C=CCNC(=O)CC(=O)N1CCN(C(=O)OCC)CC1. The van der Waals surface area contributed by atoms with Gasteiger partial charge in [-0.15, -0.1) is 6.58 Å². The van der Waals surface area contributed by atoms with Gasteiger partial charge in [-0.2, -0.15) is 0 Å². The molecule has 0 aromatic rings. The molecule has 20 heavy (non-hydrogen) atoms. The molecule has 1 aliphatic heterocycles. The minimum Gasteiger partial charge on any atom is -0.450 e. The van der Waals surface area contributed by atoms with Crippen LogP contribution in [0.15, 0.2) is 12.7 Å². The minimum atomic E-state index is -0.358. The maximum absolute atomic E-state index is 11.9. The van der Waals surface area contributed by atoms with Crippen molar-refractivity contribution < 1.29 is 19.1 Å². The topological polar surface area (TPSA) is 79.0 Å². The van der Waals surface area contributed by atoms with Gasteiger partial charge in [0.15, 0.2) is 0 Å². The maximum Gasteiger partial charge on any atom is 0.409 e. The Morgan fingerprint density at radius 2 is 1.80 bits per heavy atom. The lowest BCUT2D eigenvalue weighted by molar-refractivity contribution is -0.137. The Labute approximate surface area is 118 Å². The van der Waals surface area contributed by atoms with E-state index < -0.39 is 0 Å². The molecule has 1 heterocycles. The standard InChI is InChI=1S/C13H21N3O4/c1-3-5-14-11(17)10-12(18)15-6-8-16(9-7-15)13(19)20-4-2/h3H,1,4-10H2,2H3,(H,14,17). The molecule has 0 unspecified atom stereocenters. The van der Waals surface area contributed by atoms with E-state index in [1.807, 2.05) is 0 Å². The summed E-state index contributed by atoms with van der Waals surface area (Å²) < 4.78 is 4.90. The van der Waals surface area contributed by atoms with E-state index in [2.05, 4.69) is 11.9 Å². The fourth-order valence-electron chi connectivity index (χ4n) is 1.85. The van der Waals surface area contributed by atoms with E-state index in [1.165, 1.54) is 0 Å². The largest absolute Gasteiger partial charge is 0.450 e. The van der Waals surface area contributed by atoms with Crippen molar-refractivity contribution in [2.45, 2.75) is 13.3 Å². The number of hydrogen-bond acceptors (Lipinski definition) is 4. The first-order chi connectivity index (χ1) is 9.58. The van der Waals surface area contributed by atoms with Crippen LogP contribution in [-0.4, -0.2) is 67.0 Å². The van der Waals surface area contributed by atoms with Gasteiger partial charge in [-0.25, -0.2) is 4.79 Å². The smallest absolute Gasteiger partial charge is 0.409 e. The first kappa shape index (κ1) is 16.0. The molecule has 0 radical (unpaired) electrons. The summed E-state index contributed by atoms with van der Waals surface area (Å²) in [6, 6.07) is 0. The number of nitrogens with one attached hydrogen (secondary N) is 1. The average Bonchev–Trinajstić information content (AvgIpc) is 2.45. The summed E-state index contributed by atoms with van der Waals surface area (Å²) in [5, 5.41) is 2.56. The van der Waals surface area contributed by atoms with E-state index in [9.17, 15) is 14.4 Å². The third-order valence-corrected chi connectivity index (χ3v) is 2.91. The predicted octanol–water partition coefficient (Wildman–Crippen LogP) is -0.0206. The highest BCUT2D eigenvalue weighted by Crippen LogP contribution is 2.05. The van der Waals surface area contributed by atoms with E-state index >= 15 is 0 Å². The van der Waals surface area contributed by atoms with Gasteiger partial charge in [0, 0.05) is 32.7 Å². The lowest BCUT2D eigenvalue weighted by Gasteiger charge is -2.33. The van der Waals surface area contributed by atoms with Crippen molar-refractivity contribution in [1.29, 1.82) is 0 Å². The third kappa shape index (κ3) is 4.91. The molecule has 0 aliphatic carbocycles. The normalized spacial score (nSPS) is 14.7. The molecule has 0 atom stereocenters. The molecule has 1 N–H and O–H groups in total. The number of rotatable bonds is 5. The number of nitrogens with zero attached hydrogens (tertiary/aromatic N) is 2. The number of carbonyl (C=O) groups excluding carboxylic acids is 3. The van der Waals surface area contributed by atoms with Crippen LogP contribution < -0.4 is 5.32 Å². The second kappa shape index (κ2) is 8.19. The molecule has 1 aliphatic rings. The fourth-order valence-corrected chi connectivity index (χ4v) is 1.85. The summed E-state index contributed by atoms with van der Waals surface area (Å²) in [6.07, 6.45) is 1.02. The number of ether oxygens (including phenoxy) is 1. The second-order valence-corrected chi connectivity index (χ2v) is 4.34. The molecule has 0 saturated carbocycles. The summed E-state index contributed by atoms with van der Waals surface area (Å²) in [6.45, 7) is 7.62. The Morgan fingerprint density at radius 1 is 1.20 bits per heavy atom. The maximum atomic E-state index is 11.9. The van der Waals surface area contributed by atoms with Crippen LogP contribution in [0.2, 0.25) is 0 Å². The van der Waals surface area contributed by atoms with Crippen molar-refractivity contribution in [3.8, 4) is 0 Å². The van der Waals surface area contributed by atoms with Gasteiger partial charge in [-0.3, -0.25) is 9.59 Å². The van der Waals surface area contributed by atoms with Crippen LogP contribution >= 0.6 is 0 Å². The first-order valence-electron chi connectivity index (χ1n) is 6.65. The van der Waals surface area contributed by atoms with Gasteiger partial charge in [0.25, 0.3) is 0 Å². The molecule has 3 amide bonds. The molecule has 7 nitrogen and oxygen atoms in total. The van der Waals surface area contributed by atoms with Gasteiger partial charge in [-0.1, -0.05) is 6.08 Å². The Hall–Kier alpha value is -2.05. The van der Waals surface area contributed by atoms with Gasteiger partial charge >= 0.3 is 6.09 Å². The Kier molecular flexibility index (Phi) is 6.55. The first-order valence-corrected chi connectivity index (χ1v) is 6.65. The molecule has 1 saturated heterocycles. The number of carbonyl (C=O) groups is 3. The Bertz CT molecular complexity index is 376. The van der Waals surface area contributed by atoms with Crippen LogP contribution in [-0.2, 0) is 14.3 Å². The van der Waals surface area contributed by atoms with Crippen LogP contribution in [0, 0.1) is 0 Å². The summed E-state index contributed by atoms with van der Waals surface area (Å²) in [5.41, 5.74) is 0. The van der Waals surface area contributed by atoms with E-state index in [0.29, 0.717) is 39.3 Å². The molecule has 112 valence electrons. The molecule has 1 fully saturated rings. The Balaban J connectivity index is 2.33. The van der Waals surface area contributed by atoms with Gasteiger partial charge in [0.05, 0.1) is 6.61 Å². The molecule has 1 rings (SSSR count). The molecule has 0 spiro atoms. The van der Waals surface area contributed by atoms with Crippen molar-refractivity contribution in [2.75, 3.05) is 39.3 Å². The van der Waals surface area contributed by atoms with Crippen molar-refractivity contribution in [3.05, 3.63) is 12.7 Å². The van der Waals surface area contributed by atoms with Crippen molar-refractivity contribution in [3.63, 3.8) is 0 Å². The zero-order valence-electron chi connectivity index (χ0n) is 11.8. The number of amides is 3. The Morgan fingerprint density at radius 3 is 2.35 bits per heavy atom. The van der Waals surface area contributed by atoms with Crippen LogP contribution in [0.3, 0.4) is 0 Å². The highest BCUT2D eigenvalue weighted by Gasteiger charge is 2.25. The van der Waals surface area contributed by atoms with Crippen LogP contribution in [0.4, 0.5) is 4.79 Å². The number of piperazine rings is 1. The summed E-state index contributed by atoms with van der Waals surface area (Å²) in [7, 11) is 0. The summed E-state index contributed by atoms with van der Waals surface area (Å²) >= 11 is 0. The van der Waals surface area contributed by atoms with Crippen molar-refractivity contribution in [2.24, 2.45) is 0 Å². The third-order valence-electron chi connectivity index (χ3n) is 2.91. The quantitative estimate of drug-likeness (QED) is 0.568. The highest BCUT2D eigenvalue weighted by molar-refractivity contribution is 5.97. The van der Waals surface area contributed by atoms with Gasteiger partial charge in [0.2, 0.25) is 11.8 Å². The average molecular weight is 283 g/mol. The molecular formula is C13H21N3O4. The van der Waals surface area contributed by atoms with E-state index in [-0.39, 0.29) is 24.3 Å². The predicted molar refractivity (Wildman–Crippen MR) is 73.0 cm³/mol. The van der Waals surface area contributed by atoms with Gasteiger partial charge in [-0.05, 0) is 6.92 Å². The van der Waals surface area contributed by atoms with Crippen LogP contribution in [0.5, 0.6) is 0 Å². The fraction of sp³-hybridized carbons (Fsp3) is 0.615. The van der Waals surface area contributed by atoms with E-state index in [1.54, 1.807) is 22.8 Å². The van der Waals surface area contributed by atoms with Crippen LogP contribution in [0.25, 0.3) is 0 Å². The molecule has 0 bridgehead atoms. The van der Waals surface area contributed by atoms with Crippen LogP contribution in [0.1, 0.15) is 13.3 Å². The van der Waals surface area contributed by atoms with E-state index in [0.717, 1.165) is 0 Å². The van der Waals surface area contributed by atoms with Gasteiger partial charge in [0.1, 0.15) is 6.42 Å². The minimum absolute atomic E-state index is 0.173. The van der Waals surface area contributed by atoms with E-state index in [4.69, 9.17) is 4.74 Å². The molecule has 0 aromatic carbocycles.